The third-order valence-electron chi connectivity index (χ3n) is 1.78. The monoisotopic (exact) mass is 173 g/mol. The van der Waals surface area contributed by atoms with Gasteiger partial charge in [0.1, 0.15) is 0 Å². The van der Waals surface area contributed by atoms with Crippen molar-refractivity contribution in [2.45, 2.75) is 33.8 Å². The second kappa shape index (κ2) is 5.14. The van der Waals surface area contributed by atoms with Gasteiger partial charge in [0.15, 0.2) is 0 Å². The highest BCUT2D eigenvalue weighted by Crippen LogP contribution is 2.11. The smallest absolute Gasteiger partial charge is 0.223 e. The summed E-state index contributed by atoms with van der Waals surface area (Å²) in [6.45, 7) is 8.26. The average Bonchev–Trinajstić information content (AvgIpc) is 1.84. The molecule has 3 nitrogen and oxygen atoms in total. The lowest BCUT2D eigenvalue weighted by Crippen LogP contribution is -2.32. The molecule has 0 bridgehead atoms. The zero-order valence-electron chi connectivity index (χ0n) is 8.33. The molecule has 0 radical (unpaired) electrons. The summed E-state index contributed by atoms with van der Waals surface area (Å²) in [5.41, 5.74) is 5.20. The standard InChI is InChI=1S/C9H19NO2/c1-6(2)8(9(10)11)5-12-7(3)4/h6-8H,5H2,1-4H3,(H2,10,11). The lowest BCUT2D eigenvalue weighted by molar-refractivity contribution is -0.126. The van der Waals surface area contributed by atoms with Gasteiger partial charge in [-0.2, -0.15) is 0 Å². The van der Waals surface area contributed by atoms with Gasteiger partial charge < -0.3 is 10.5 Å². The lowest BCUT2D eigenvalue weighted by Gasteiger charge is -2.18. The van der Waals surface area contributed by atoms with Gasteiger partial charge in [0.25, 0.3) is 0 Å². The van der Waals surface area contributed by atoms with Gasteiger partial charge >= 0.3 is 0 Å². The molecular formula is C9H19NO2. The largest absolute Gasteiger partial charge is 0.378 e. The number of hydrogen-bond donors (Lipinski definition) is 1. The molecule has 0 saturated carbocycles. The second-order valence-corrected chi connectivity index (χ2v) is 3.63. The normalized spacial score (nSPS) is 13.8. The number of ether oxygens (including phenoxy) is 1. The third kappa shape index (κ3) is 4.34. The van der Waals surface area contributed by atoms with Crippen molar-refractivity contribution in [2.24, 2.45) is 17.6 Å². The van der Waals surface area contributed by atoms with E-state index in [9.17, 15) is 4.79 Å². The van der Waals surface area contributed by atoms with Gasteiger partial charge in [-0.3, -0.25) is 4.79 Å². The lowest BCUT2D eigenvalue weighted by atomic mass is 9.96. The predicted molar refractivity (Wildman–Crippen MR) is 48.6 cm³/mol. The molecule has 0 aliphatic heterocycles. The molecule has 3 heteroatoms. The molecule has 0 aromatic rings. The molecule has 12 heavy (non-hydrogen) atoms. The van der Waals surface area contributed by atoms with Crippen LogP contribution in [0.25, 0.3) is 0 Å². The van der Waals surface area contributed by atoms with Gasteiger partial charge in [-0.15, -0.1) is 0 Å². The summed E-state index contributed by atoms with van der Waals surface area (Å²) >= 11 is 0. The van der Waals surface area contributed by atoms with E-state index in [0.29, 0.717) is 6.61 Å². The van der Waals surface area contributed by atoms with E-state index in [2.05, 4.69) is 0 Å². The summed E-state index contributed by atoms with van der Waals surface area (Å²) in [6.07, 6.45) is 0.158. The van der Waals surface area contributed by atoms with Gasteiger partial charge in [0, 0.05) is 0 Å². The first-order valence-corrected chi connectivity index (χ1v) is 4.36. The van der Waals surface area contributed by atoms with Crippen LogP contribution in [0.1, 0.15) is 27.7 Å². The van der Waals surface area contributed by atoms with Crippen molar-refractivity contribution < 1.29 is 9.53 Å². The molecule has 0 spiro atoms. The molecular weight excluding hydrogens is 154 g/mol. The van der Waals surface area contributed by atoms with Crippen LogP contribution in [0.5, 0.6) is 0 Å². The number of rotatable bonds is 5. The molecule has 0 fully saturated rings. The molecule has 1 unspecified atom stereocenters. The van der Waals surface area contributed by atoms with Crippen molar-refractivity contribution in [3.05, 3.63) is 0 Å². The number of carbonyl (C=O) groups is 1. The van der Waals surface area contributed by atoms with Crippen molar-refractivity contribution >= 4 is 5.91 Å². The van der Waals surface area contributed by atoms with Crippen LogP contribution in [0, 0.1) is 11.8 Å². The van der Waals surface area contributed by atoms with Crippen molar-refractivity contribution in [1.29, 1.82) is 0 Å². The van der Waals surface area contributed by atoms with E-state index < -0.39 is 0 Å². The van der Waals surface area contributed by atoms with E-state index in [4.69, 9.17) is 10.5 Å². The van der Waals surface area contributed by atoms with Crippen LogP contribution in [0.4, 0.5) is 0 Å². The Morgan fingerprint density at radius 2 is 1.83 bits per heavy atom. The minimum Gasteiger partial charge on any atom is -0.378 e. The molecule has 0 aromatic heterocycles. The molecule has 1 atom stereocenters. The SMILES string of the molecule is CC(C)OCC(C(N)=O)C(C)C. The Morgan fingerprint density at radius 1 is 1.33 bits per heavy atom. The molecule has 1 amide bonds. The fourth-order valence-electron chi connectivity index (χ4n) is 0.899. The summed E-state index contributed by atoms with van der Waals surface area (Å²) in [4.78, 5) is 10.9. The summed E-state index contributed by atoms with van der Waals surface area (Å²) in [7, 11) is 0. The van der Waals surface area contributed by atoms with Crippen LogP contribution in [-0.2, 0) is 9.53 Å². The Balaban J connectivity index is 3.88. The van der Waals surface area contributed by atoms with Crippen molar-refractivity contribution in [3.8, 4) is 0 Å². The van der Waals surface area contributed by atoms with Crippen molar-refractivity contribution in [2.75, 3.05) is 6.61 Å². The van der Waals surface area contributed by atoms with E-state index >= 15 is 0 Å². The van der Waals surface area contributed by atoms with Gasteiger partial charge in [-0.05, 0) is 19.8 Å². The molecule has 0 aromatic carbocycles. The first-order valence-electron chi connectivity index (χ1n) is 4.36. The Labute approximate surface area is 74.3 Å². The molecule has 0 aliphatic rings. The van der Waals surface area contributed by atoms with Crippen LogP contribution in [0.2, 0.25) is 0 Å². The summed E-state index contributed by atoms with van der Waals surface area (Å²) in [5.74, 6) is -0.181. The van der Waals surface area contributed by atoms with Crippen LogP contribution >= 0.6 is 0 Å². The number of carbonyl (C=O) groups excluding carboxylic acids is 1. The van der Waals surface area contributed by atoms with Crippen molar-refractivity contribution in [1.82, 2.24) is 0 Å². The third-order valence-corrected chi connectivity index (χ3v) is 1.78. The minimum atomic E-state index is -0.273. The molecule has 0 rings (SSSR count). The predicted octanol–water partition coefficient (Wildman–Crippen LogP) is 1.17. The first-order chi connectivity index (χ1) is 5.45. The highest BCUT2D eigenvalue weighted by atomic mass is 16.5. The number of primary amides is 1. The highest BCUT2D eigenvalue weighted by Gasteiger charge is 2.19. The maximum absolute atomic E-state index is 10.9. The fourth-order valence-corrected chi connectivity index (χ4v) is 0.899. The Kier molecular flexibility index (Phi) is 4.90. The summed E-state index contributed by atoms with van der Waals surface area (Å²) in [6, 6.07) is 0. The van der Waals surface area contributed by atoms with Gasteiger partial charge in [0.2, 0.25) is 5.91 Å². The minimum absolute atomic E-state index is 0.158. The van der Waals surface area contributed by atoms with E-state index in [1.165, 1.54) is 0 Å². The second-order valence-electron chi connectivity index (χ2n) is 3.63. The fraction of sp³-hybridized carbons (Fsp3) is 0.889. The van der Waals surface area contributed by atoms with Crippen molar-refractivity contribution in [3.63, 3.8) is 0 Å². The summed E-state index contributed by atoms with van der Waals surface area (Å²) in [5, 5.41) is 0. The zero-order chi connectivity index (χ0) is 9.72. The van der Waals surface area contributed by atoms with E-state index in [1.54, 1.807) is 0 Å². The van der Waals surface area contributed by atoms with E-state index in [0.717, 1.165) is 0 Å². The van der Waals surface area contributed by atoms with Crippen LogP contribution < -0.4 is 5.73 Å². The van der Waals surface area contributed by atoms with Crippen LogP contribution in [0.15, 0.2) is 0 Å². The zero-order valence-corrected chi connectivity index (χ0v) is 8.33. The molecule has 72 valence electrons. The first kappa shape index (κ1) is 11.4. The van der Waals surface area contributed by atoms with Crippen LogP contribution in [0.3, 0.4) is 0 Å². The Morgan fingerprint density at radius 3 is 2.08 bits per heavy atom. The molecule has 2 N–H and O–H groups in total. The Bertz CT molecular complexity index is 143. The van der Waals surface area contributed by atoms with E-state index in [1.807, 2.05) is 27.7 Å². The van der Waals surface area contributed by atoms with Gasteiger partial charge in [-0.25, -0.2) is 0 Å². The maximum atomic E-state index is 10.9. The average molecular weight is 173 g/mol. The van der Waals surface area contributed by atoms with Gasteiger partial charge in [0.05, 0.1) is 18.6 Å². The topological polar surface area (TPSA) is 52.3 Å². The Hall–Kier alpha value is -0.570. The van der Waals surface area contributed by atoms with Crippen LogP contribution in [-0.4, -0.2) is 18.6 Å². The number of hydrogen-bond acceptors (Lipinski definition) is 2. The number of nitrogens with two attached hydrogens (primary N) is 1. The molecule has 0 aliphatic carbocycles. The molecule has 0 heterocycles. The highest BCUT2D eigenvalue weighted by molar-refractivity contribution is 5.76. The number of amides is 1. The quantitative estimate of drug-likeness (QED) is 0.678. The molecule has 0 saturated heterocycles. The summed E-state index contributed by atoms with van der Waals surface area (Å²) < 4.78 is 5.33. The van der Waals surface area contributed by atoms with Gasteiger partial charge in [-0.1, -0.05) is 13.8 Å². The van der Waals surface area contributed by atoms with E-state index in [-0.39, 0.29) is 23.8 Å². The maximum Gasteiger partial charge on any atom is 0.223 e.